The van der Waals surface area contributed by atoms with Crippen molar-refractivity contribution in [2.45, 2.75) is 38.8 Å². The van der Waals surface area contributed by atoms with E-state index >= 15 is 0 Å². The second kappa shape index (κ2) is 5.83. The Hall–Kier alpha value is -0.920. The van der Waals surface area contributed by atoms with Crippen molar-refractivity contribution in [2.75, 3.05) is 0 Å². The molecule has 0 aromatic rings. The van der Waals surface area contributed by atoms with Gasteiger partial charge in [-0.2, -0.15) is 0 Å². The number of nitrogens with one attached hydrogen (secondary N) is 1. The Bertz CT molecular complexity index is 150. The van der Waals surface area contributed by atoms with Crippen LogP contribution in [0.25, 0.3) is 0 Å². The van der Waals surface area contributed by atoms with Crippen molar-refractivity contribution in [3.8, 4) is 24.7 Å². The van der Waals surface area contributed by atoms with Crippen LogP contribution in [-0.4, -0.2) is 12.1 Å². The van der Waals surface area contributed by atoms with Crippen LogP contribution in [-0.2, 0) is 0 Å². The van der Waals surface area contributed by atoms with Crippen LogP contribution in [0.1, 0.15) is 26.7 Å². The first-order valence-electron chi connectivity index (χ1n) is 3.96. The maximum absolute atomic E-state index is 5.26. The van der Waals surface area contributed by atoms with Crippen molar-refractivity contribution in [3.63, 3.8) is 0 Å². The van der Waals surface area contributed by atoms with Gasteiger partial charge >= 0.3 is 0 Å². The Kier molecular flexibility index (Phi) is 5.35. The molecule has 0 aromatic carbocycles. The van der Waals surface area contributed by atoms with Crippen LogP contribution in [0.4, 0.5) is 0 Å². The molecule has 1 nitrogen and oxygen atoms in total. The predicted molar refractivity (Wildman–Crippen MR) is 49.0 cm³/mol. The highest BCUT2D eigenvalue weighted by Crippen LogP contribution is 1.94. The van der Waals surface area contributed by atoms with Gasteiger partial charge < -0.3 is 0 Å². The van der Waals surface area contributed by atoms with Crippen molar-refractivity contribution in [1.29, 1.82) is 0 Å². The van der Waals surface area contributed by atoms with E-state index in [1.807, 2.05) is 13.8 Å². The van der Waals surface area contributed by atoms with E-state index in [9.17, 15) is 0 Å². The van der Waals surface area contributed by atoms with E-state index in [0.717, 1.165) is 12.8 Å². The summed E-state index contributed by atoms with van der Waals surface area (Å²) in [4.78, 5) is 0. The minimum Gasteiger partial charge on any atom is -0.290 e. The zero-order valence-electron chi connectivity index (χ0n) is 7.22. The number of hydrogen-bond donors (Lipinski definition) is 1. The summed E-state index contributed by atoms with van der Waals surface area (Å²) in [6.45, 7) is 4.08. The summed E-state index contributed by atoms with van der Waals surface area (Å²) < 4.78 is 0. The molecule has 2 atom stereocenters. The minimum absolute atomic E-state index is 0.121. The first-order chi connectivity index (χ1) is 5.28. The molecule has 0 rings (SSSR count). The lowest BCUT2D eigenvalue weighted by Gasteiger charge is -2.15. The molecule has 0 aliphatic heterocycles. The van der Waals surface area contributed by atoms with Gasteiger partial charge in [0.2, 0.25) is 0 Å². The van der Waals surface area contributed by atoms with Crippen LogP contribution < -0.4 is 5.32 Å². The molecular weight excluding hydrogens is 134 g/mol. The first kappa shape index (κ1) is 10.1. The number of hydrogen-bond acceptors (Lipinski definition) is 1. The van der Waals surface area contributed by atoms with Crippen LogP contribution in [0.2, 0.25) is 0 Å². The Labute approximate surface area is 69.6 Å². The maximum Gasteiger partial charge on any atom is 0.0693 e. The molecule has 0 bridgehead atoms. The maximum atomic E-state index is 5.26. The molecule has 1 heteroatoms. The third kappa shape index (κ3) is 3.71. The fourth-order valence-electron chi connectivity index (χ4n) is 0.810. The van der Waals surface area contributed by atoms with E-state index in [2.05, 4.69) is 17.2 Å². The lowest BCUT2D eigenvalue weighted by atomic mass is 10.1. The fourth-order valence-corrected chi connectivity index (χ4v) is 0.810. The highest BCUT2D eigenvalue weighted by atomic mass is 14.9. The van der Waals surface area contributed by atoms with Gasteiger partial charge in [0.15, 0.2) is 0 Å². The molecule has 0 saturated carbocycles. The molecular formula is C10H15N. The van der Waals surface area contributed by atoms with Crippen molar-refractivity contribution in [1.82, 2.24) is 5.32 Å². The fraction of sp³-hybridized carbons (Fsp3) is 0.600. The summed E-state index contributed by atoms with van der Waals surface area (Å²) in [6, 6.07) is 0.243. The second-order valence-corrected chi connectivity index (χ2v) is 2.42. The molecule has 11 heavy (non-hydrogen) atoms. The molecule has 0 amide bonds. The molecule has 1 N–H and O–H groups in total. The Balaban J connectivity index is 3.82. The molecule has 0 aliphatic rings. The summed E-state index contributed by atoms with van der Waals surface area (Å²) in [5, 5.41) is 3.18. The van der Waals surface area contributed by atoms with Gasteiger partial charge in [0.25, 0.3) is 0 Å². The van der Waals surface area contributed by atoms with Crippen molar-refractivity contribution in [2.24, 2.45) is 0 Å². The van der Waals surface area contributed by atoms with Gasteiger partial charge in [-0.3, -0.25) is 5.32 Å². The first-order valence-corrected chi connectivity index (χ1v) is 3.96. The Morgan fingerprint density at radius 1 is 1.09 bits per heavy atom. The van der Waals surface area contributed by atoms with Gasteiger partial charge in [-0.25, -0.2) is 0 Å². The summed E-state index contributed by atoms with van der Waals surface area (Å²) >= 11 is 0. The third-order valence-electron chi connectivity index (χ3n) is 1.62. The van der Waals surface area contributed by atoms with Crippen LogP contribution in [0.5, 0.6) is 0 Å². The van der Waals surface area contributed by atoms with Crippen molar-refractivity contribution in [3.05, 3.63) is 0 Å². The standard InChI is InChI=1S/C10H15N/c1-5-9(6-2)11-10(7-3)8-4/h1,3,9-11H,6,8H2,2,4H3. The lowest BCUT2D eigenvalue weighted by molar-refractivity contribution is 0.529. The summed E-state index contributed by atoms with van der Waals surface area (Å²) in [5.41, 5.74) is 0. The Morgan fingerprint density at radius 2 is 1.45 bits per heavy atom. The molecule has 60 valence electrons. The number of terminal acetylenes is 2. The Morgan fingerprint density at radius 3 is 1.64 bits per heavy atom. The average Bonchev–Trinajstić information content (AvgIpc) is 2.07. The zero-order valence-corrected chi connectivity index (χ0v) is 7.22. The normalized spacial score (nSPS) is 14.5. The van der Waals surface area contributed by atoms with E-state index in [1.165, 1.54) is 0 Å². The summed E-state index contributed by atoms with van der Waals surface area (Å²) in [5.74, 6) is 5.29. The van der Waals surface area contributed by atoms with Gasteiger partial charge in [0, 0.05) is 0 Å². The largest absolute Gasteiger partial charge is 0.290 e. The molecule has 0 radical (unpaired) electrons. The monoisotopic (exact) mass is 149 g/mol. The van der Waals surface area contributed by atoms with E-state index in [0.29, 0.717) is 0 Å². The smallest absolute Gasteiger partial charge is 0.0693 e. The molecule has 2 unspecified atom stereocenters. The predicted octanol–water partition coefficient (Wildman–Crippen LogP) is 1.40. The molecule has 0 saturated heterocycles. The van der Waals surface area contributed by atoms with E-state index in [1.54, 1.807) is 0 Å². The third-order valence-corrected chi connectivity index (χ3v) is 1.62. The quantitative estimate of drug-likeness (QED) is 0.596. The second-order valence-electron chi connectivity index (χ2n) is 2.42. The number of rotatable bonds is 4. The van der Waals surface area contributed by atoms with Crippen LogP contribution in [0.3, 0.4) is 0 Å². The molecule has 0 spiro atoms. The van der Waals surface area contributed by atoms with E-state index in [-0.39, 0.29) is 12.1 Å². The van der Waals surface area contributed by atoms with Gasteiger partial charge in [0.1, 0.15) is 0 Å². The topological polar surface area (TPSA) is 12.0 Å². The minimum atomic E-state index is 0.121. The lowest BCUT2D eigenvalue weighted by Crippen LogP contribution is -2.35. The van der Waals surface area contributed by atoms with Crippen LogP contribution in [0.15, 0.2) is 0 Å². The molecule has 0 fully saturated rings. The van der Waals surface area contributed by atoms with Crippen molar-refractivity contribution < 1.29 is 0 Å². The average molecular weight is 149 g/mol. The van der Waals surface area contributed by atoms with Gasteiger partial charge in [-0.15, -0.1) is 12.8 Å². The van der Waals surface area contributed by atoms with E-state index in [4.69, 9.17) is 12.8 Å². The van der Waals surface area contributed by atoms with Gasteiger partial charge in [0.05, 0.1) is 12.1 Å². The van der Waals surface area contributed by atoms with Crippen molar-refractivity contribution >= 4 is 0 Å². The van der Waals surface area contributed by atoms with Crippen LogP contribution >= 0.6 is 0 Å². The molecule has 0 heterocycles. The highest BCUT2D eigenvalue weighted by molar-refractivity contribution is 5.05. The summed E-state index contributed by atoms with van der Waals surface area (Å²) in [6.07, 6.45) is 12.4. The van der Waals surface area contributed by atoms with Gasteiger partial charge in [-0.1, -0.05) is 25.7 Å². The summed E-state index contributed by atoms with van der Waals surface area (Å²) in [7, 11) is 0. The molecule has 0 aliphatic carbocycles. The van der Waals surface area contributed by atoms with E-state index < -0.39 is 0 Å². The molecule has 0 aromatic heterocycles. The SMILES string of the molecule is C#CC(CC)NC(C#C)CC. The highest BCUT2D eigenvalue weighted by Gasteiger charge is 2.06. The van der Waals surface area contributed by atoms with Crippen LogP contribution in [0, 0.1) is 24.7 Å². The van der Waals surface area contributed by atoms with Gasteiger partial charge in [-0.05, 0) is 12.8 Å². The zero-order chi connectivity index (χ0) is 8.69.